The molecule has 6 N–H and O–H groups in total. The lowest BCUT2D eigenvalue weighted by atomic mass is 10.0. The monoisotopic (exact) mass is 984 g/mol. The molecule has 1 unspecified atom stereocenters. The number of phenolic OH excluding ortho intramolecular Hbond substituents is 2. The van der Waals surface area contributed by atoms with E-state index in [9.17, 15) is 45.7 Å². The molecule has 19 heteroatoms. The number of aromatic hydroxyl groups is 2. The van der Waals surface area contributed by atoms with Crippen LogP contribution in [0.25, 0.3) is 21.5 Å². The molecule has 0 aromatic heterocycles. The first-order valence-electron chi connectivity index (χ1n) is 22.8. The summed E-state index contributed by atoms with van der Waals surface area (Å²) < 4.78 is 84.6. The molecular weight excluding hydrogens is 929 g/mol. The number of ether oxygens (including phenoxy) is 3. The SMILES string of the molecule is CCCCCCCCCCCCOc1cccc(OC(CCC)NC(=O)c2cc(OC(=O)Nc3ccc(/N=N/c4c(O)c(S(=O)(=O)O)cc5cc(S(=O)(=O)O)ccc45)cc3)c3ccccc3c2O)c1. The summed E-state index contributed by atoms with van der Waals surface area (Å²) in [5, 5.41) is 36.0. The van der Waals surface area contributed by atoms with Crippen LogP contribution in [0, 0.1) is 0 Å². The summed E-state index contributed by atoms with van der Waals surface area (Å²) in [6.45, 7) is 4.76. The van der Waals surface area contributed by atoms with Gasteiger partial charge in [-0.25, -0.2) is 4.79 Å². The zero-order chi connectivity index (χ0) is 49.6. The maximum absolute atomic E-state index is 13.8. The van der Waals surface area contributed by atoms with Crippen LogP contribution in [-0.4, -0.2) is 61.0 Å². The highest BCUT2D eigenvalue weighted by Crippen LogP contribution is 2.42. The Morgan fingerprint density at radius 1 is 0.652 bits per heavy atom. The maximum atomic E-state index is 13.8. The van der Waals surface area contributed by atoms with E-state index in [1.54, 1.807) is 36.4 Å². The number of benzene rings is 6. The largest absolute Gasteiger partial charge is 0.506 e. The molecule has 366 valence electrons. The minimum atomic E-state index is -5.02. The number of carbonyl (C=O) groups is 2. The molecule has 0 radical (unpaired) electrons. The zero-order valence-electron chi connectivity index (χ0n) is 38.3. The number of nitrogens with one attached hydrogen (secondary N) is 2. The van der Waals surface area contributed by atoms with E-state index in [2.05, 4.69) is 27.8 Å². The molecule has 6 rings (SSSR count). The van der Waals surface area contributed by atoms with Crippen molar-refractivity contribution < 1.29 is 60.0 Å². The van der Waals surface area contributed by atoms with Gasteiger partial charge in [0, 0.05) is 34.3 Å². The zero-order valence-corrected chi connectivity index (χ0v) is 39.9. The lowest BCUT2D eigenvalue weighted by molar-refractivity contribution is 0.0810. The molecule has 0 saturated carbocycles. The van der Waals surface area contributed by atoms with Crippen molar-refractivity contribution in [1.29, 1.82) is 0 Å². The number of phenols is 2. The van der Waals surface area contributed by atoms with Gasteiger partial charge in [-0.05, 0) is 72.5 Å². The minimum Gasteiger partial charge on any atom is -0.506 e. The molecule has 0 fully saturated rings. The molecule has 0 saturated heterocycles. The molecule has 0 heterocycles. The van der Waals surface area contributed by atoms with Crippen molar-refractivity contribution >= 4 is 70.8 Å². The average Bonchev–Trinajstić information content (AvgIpc) is 3.31. The Morgan fingerprint density at radius 2 is 1.32 bits per heavy atom. The van der Waals surface area contributed by atoms with Crippen LogP contribution in [0.4, 0.5) is 21.9 Å². The van der Waals surface area contributed by atoms with E-state index in [0.717, 1.165) is 31.0 Å². The first-order chi connectivity index (χ1) is 33.0. The number of azo groups is 1. The third-order valence-corrected chi connectivity index (χ3v) is 12.8. The standard InChI is InChI=1S/C50H56N4O13S2/c1-3-5-6-7-8-9-10-11-12-15-28-65-36-18-16-19-37(31-36)66-45(17-4-2)52-49(57)42-32-43(40-20-13-14-21-41(40)47(42)55)67-50(58)51-34-22-24-35(25-23-34)53-54-46-39-27-26-38(68(59,60)61)29-33(39)30-44(48(46)56)69(62,63)64/h13-14,16,18-27,29-32,45,55-56H,3-12,15,17,28H2,1-2H3,(H,51,58)(H,52,57)(H,59,60,61)(H,62,63,64)/b54-53+. The van der Waals surface area contributed by atoms with Crippen molar-refractivity contribution in [3.8, 4) is 28.7 Å². The van der Waals surface area contributed by atoms with Gasteiger partial charge in [0.2, 0.25) is 0 Å². The van der Waals surface area contributed by atoms with E-state index in [0.29, 0.717) is 36.3 Å². The number of unbranched alkanes of at least 4 members (excludes halogenated alkanes) is 9. The number of amides is 2. The second-order valence-corrected chi connectivity index (χ2v) is 19.2. The number of carbonyl (C=O) groups excluding carboxylic acids is 2. The molecule has 17 nitrogen and oxygen atoms in total. The van der Waals surface area contributed by atoms with E-state index >= 15 is 0 Å². The smallest absolute Gasteiger partial charge is 0.417 e. The fourth-order valence-electron chi connectivity index (χ4n) is 7.56. The third-order valence-electron chi connectivity index (χ3n) is 11.1. The third kappa shape index (κ3) is 14.4. The Balaban J connectivity index is 1.09. The van der Waals surface area contributed by atoms with Crippen LogP contribution in [0.5, 0.6) is 28.7 Å². The Morgan fingerprint density at radius 3 is 1.99 bits per heavy atom. The summed E-state index contributed by atoms with van der Waals surface area (Å²) in [5.74, 6) is -0.849. The van der Waals surface area contributed by atoms with Crippen LogP contribution >= 0.6 is 0 Å². The summed E-state index contributed by atoms with van der Waals surface area (Å²) in [5.41, 5.74) is -0.212. The first-order valence-corrected chi connectivity index (χ1v) is 25.6. The van der Waals surface area contributed by atoms with Crippen molar-refractivity contribution in [2.24, 2.45) is 10.2 Å². The fourth-order valence-corrected chi connectivity index (χ4v) is 8.70. The number of hydrogen-bond donors (Lipinski definition) is 6. The lowest BCUT2D eigenvalue weighted by Gasteiger charge is -2.21. The Kier molecular flexibility index (Phi) is 17.9. The van der Waals surface area contributed by atoms with Crippen molar-refractivity contribution in [2.45, 2.75) is 107 Å². The number of nitrogens with zero attached hydrogens (tertiary/aromatic N) is 2. The Hall–Kier alpha value is -6.80. The average molecular weight is 985 g/mol. The van der Waals surface area contributed by atoms with Gasteiger partial charge in [0.05, 0.1) is 22.8 Å². The minimum absolute atomic E-state index is 0.0282. The topological polar surface area (TPSA) is 260 Å². The van der Waals surface area contributed by atoms with E-state index in [1.807, 2.05) is 19.1 Å². The quantitative estimate of drug-likeness (QED) is 0.0143. The second-order valence-electron chi connectivity index (χ2n) is 16.4. The summed E-state index contributed by atoms with van der Waals surface area (Å²) in [6.07, 6.45) is 11.7. The van der Waals surface area contributed by atoms with Crippen LogP contribution in [0.15, 0.2) is 123 Å². The van der Waals surface area contributed by atoms with Gasteiger partial charge in [-0.2, -0.15) is 21.9 Å². The molecule has 1 atom stereocenters. The normalized spacial score (nSPS) is 12.3. The highest BCUT2D eigenvalue weighted by atomic mass is 32.2. The highest BCUT2D eigenvalue weighted by Gasteiger charge is 2.25. The molecule has 0 spiro atoms. The molecule has 0 bridgehead atoms. The van der Waals surface area contributed by atoms with Gasteiger partial charge in [-0.1, -0.05) is 114 Å². The van der Waals surface area contributed by atoms with Gasteiger partial charge < -0.3 is 29.7 Å². The van der Waals surface area contributed by atoms with Crippen molar-refractivity contribution in [2.75, 3.05) is 11.9 Å². The fraction of sp³-hybridized carbons (Fsp3) is 0.320. The van der Waals surface area contributed by atoms with E-state index < -0.39 is 59.7 Å². The van der Waals surface area contributed by atoms with Crippen molar-refractivity contribution in [3.63, 3.8) is 0 Å². The van der Waals surface area contributed by atoms with Gasteiger partial charge in [-0.15, -0.1) is 5.11 Å². The molecule has 0 aliphatic carbocycles. The van der Waals surface area contributed by atoms with E-state index in [4.69, 9.17) is 14.2 Å². The van der Waals surface area contributed by atoms with Crippen LogP contribution in [0.1, 0.15) is 101 Å². The predicted molar refractivity (Wildman–Crippen MR) is 262 cm³/mol. The summed E-state index contributed by atoms with van der Waals surface area (Å²) in [6, 6.07) is 24.7. The summed E-state index contributed by atoms with van der Waals surface area (Å²) >= 11 is 0. The number of rotatable bonds is 24. The van der Waals surface area contributed by atoms with Crippen LogP contribution in [0.3, 0.4) is 0 Å². The Labute approximate surface area is 401 Å². The molecule has 6 aromatic carbocycles. The maximum Gasteiger partial charge on any atom is 0.417 e. The first kappa shape index (κ1) is 51.6. The van der Waals surface area contributed by atoms with Crippen LogP contribution in [0.2, 0.25) is 0 Å². The van der Waals surface area contributed by atoms with Gasteiger partial charge >= 0.3 is 6.09 Å². The summed E-state index contributed by atoms with van der Waals surface area (Å²) in [4.78, 5) is 25.6. The van der Waals surface area contributed by atoms with Gasteiger partial charge in [0.25, 0.3) is 26.1 Å². The van der Waals surface area contributed by atoms with Crippen LogP contribution in [-0.2, 0) is 20.2 Å². The van der Waals surface area contributed by atoms with E-state index in [1.165, 1.54) is 87.8 Å². The summed E-state index contributed by atoms with van der Waals surface area (Å²) in [7, 11) is -9.71. The predicted octanol–water partition coefficient (Wildman–Crippen LogP) is 12.2. The van der Waals surface area contributed by atoms with Gasteiger partial charge in [0.15, 0.2) is 12.0 Å². The molecule has 2 amide bonds. The Bertz CT molecular complexity index is 3020. The number of hydrogen-bond acceptors (Lipinski definition) is 13. The molecular formula is C50H56N4O13S2. The second kappa shape index (κ2) is 24.0. The molecule has 0 aliphatic heterocycles. The molecule has 6 aromatic rings. The van der Waals surface area contributed by atoms with Gasteiger partial charge in [0.1, 0.15) is 33.6 Å². The lowest BCUT2D eigenvalue weighted by Crippen LogP contribution is -2.39. The van der Waals surface area contributed by atoms with Crippen LogP contribution < -0.4 is 24.8 Å². The molecule has 0 aliphatic rings. The van der Waals surface area contributed by atoms with Gasteiger partial charge in [-0.3, -0.25) is 19.2 Å². The number of fused-ring (bicyclic) bond motifs is 2. The van der Waals surface area contributed by atoms with Crippen molar-refractivity contribution in [3.05, 3.63) is 109 Å². The van der Waals surface area contributed by atoms with Crippen molar-refractivity contribution in [1.82, 2.24) is 5.32 Å². The number of anilines is 1. The molecule has 69 heavy (non-hydrogen) atoms. The van der Waals surface area contributed by atoms with E-state index in [-0.39, 0.29) is 44.6 Å². The highest BCUT2D eigenvalue weighted by molar-refractivity contribution is 7.86.